The van der Waals surface area contributed by atoms with Crippen LogP contribution in [0.25, 0.3) is 148 Å². The van der Waals surface area contributed by atoms with Gasteiger partial charge in [0.05, 0.1) is 28.4 Å². The average molecular weight is 1030 g/mol. The third-order valence-corrected chi connectivity index (χ3v) is 16.8. The Labute approximate surface area is 456 Å². The minimum atomic E-state index is 0.833. The summed E-state index contributed by atoms with van der Waals surface area (Å²) in [6, 6.07) is 91.7. The van der Waals surface area contributed by atoms with Gasteiger partial charge in [0.1, 0.15) is 33.4 Å². The zero-order chi connectivity index (χ0) is 51.7. The summed E-state index contributed by atoms with van der Waals surface area (Å²) in [6.45, 7) is 0. The Kier molecular flexibility index (Phi) is 9.48. The summed E-state index contributed by atoms with van der Waals surface area (Å²) in [5, 5.41) is 14.2. The molecule has 79 heavy (non-hydrogen) atoms. The predicted octanol–water partition coefficient (Wildman–Crippen LogP) is 20.5. The van der Waals surface area contributed by atoms with Gasteiger partial charge in [-0.15, -0.1) is 0 Å². The van der Waals surface area contributed by atoms with E-state index < -0.39 is 0 Å². The van der Waals surface area contributed by atoms with E-state index in [1.165, 1.54) is 65.9 Å². The Morgan fingerprint density at radius 1 is 0.342 bits per heavy atom. The molecule has 13 aromatic carbocycles. The smallest absolute Gasteiger partial charge is 0.136 e. The molecule has 0 unspecified atom stereocenters. The number of anilines is 3. The lowest BCUT2D eigenvalue weighted by molar-refractivity contribution is 0.668. The van der Waals surface area contributed by atoms with Crippen LogP contribution in [0.4, 0.5) is 17.1 Å². The maximum atomic E-state index is 6.41. The first-order valence-electron chi connectivity index (χ1n) is 26.6. The monoisotopic (exact) mass is 1030 g/mol. The molecule has 0 aliphatic heterocycles. The average Bonchev–Trinajstić information content (AvgIpc) is 4.52. The highest BCUT2D eigenvalue weighted by atomic mass is 32.1. The molecule has 4 heterocycles. The maximum absolute atomic E-state index is 6.41. The number of para-hydroxylation sites is 2. The van der Waals surface area contributed by atoms with E-state index in [-0.39, 0.29) is 0 Å². The lowest BCUT2D eigenvalue weighted by Crippen LogP contribution is -2.10. The standard InChI is InChI=1S/C72H42N4O2S/c1-2-12-43(13-3-1)44-22-28-50(29-23-44)75(52-32-37-67-60(42-52)56-18-9-11-21-66(56)77-67)64-36-34-53(70-71(64)74-79-73-70)45-24-30-51(31-25-45)76-63-35-27-48(49-26-33-57-55-17-8-10-20-65(55)78-68(57)41-49)40-62(63)69-58-19-7-6-16-54(58)59-38-46-14-4-5-15-47(46)39-61(59)72(69)76/h1-42H. The van der Waals surface area contributed by atoms with Crippen LogP contribution in [-0.4, -0.2) is 13.3 Å². The molecule has 0 N–H and O–H groups in total. The molecule has 0 atom stereocenters. The molecule has 17 rings (SSSR count). The van der Waals surface area contributed by atoms with Gasteiger partial charge in [-0.2, -0.15) is 8.75 Å². The summed E-state index contributed by atoms with van der Waals surface area (Å²) in [4.78, 5) is 2.30. The molecule has 17 aromatic rings. The van der Waals surface area contributed by atoms with Crippen molar-refractivity contribution < 1.29 is 8.83 Å². The molecule has 0 saturated carbocycles. The van der Waals surface area contributed by atoms with Crippen molar-refractivity contribution in [2.75, 3.05) is 4.90 Å². The Bertz CT molecular complexity index is 5320. The van der Waals surface area contributed by atoms with Gasteiger partial charge in [0, 0.05) is 60.3 Å². The molecule has 0 radical (unpaired) electrons. The molecule has 7 heteroatoms. The Hall–Kier alpha value is -10.3. The summed E-state index contributed by atoms with van der Waals surface area (Å²) in [7, 11) is 0. The lowest BCUT2D eigenvalue weighted by Gasteiger charge is -2.26. The van der Waals surface area contributed by atoms with Gasteiger partial charge in [0.2, 0.25) is 0 Å². The lowest BCUT2D eigenvalue weighted by atomic mass is 9.93. The van der Waals surface area contributed by atoms with Gasteiger partial charge in [-0.05, 0) is 158 Å². The van der Waals surface area contributed by atoms with Crippen molar-refractivity contribution in [1.82, 2.24) is 13.3 Å². The first-order valence-corrected chi connectivity index (χ1v) is 27.3. The van der Waals surface area contributed by atoms with Crippen LogP contribution in [0.5, 0.6) is 0 Å². The van der Waals surface area contributed by atoms with Gasteiger partial charge >= 0.3 is 0 Å². The molecular weight excluding hydrogens is 985 g/mol. The molecule has 0 bridgehead atoms. The molecule has 0 amide bonds. The molecule has 0 spiro atoms. The summed E-state index contributed by atoms with van der Waals surface area (Å²) in [5.74, 6) is 0. The van der Waals surface area contributed by atoms with Crippen molar-refractivity contribution in [3.05, 3.63) is 255 Å². The van der Waals surface area contributed by atoms with Crippen molar-refractivity contribution in [1.29, 1.82) is 0 Å². The molecule has 368 valence electrons. The zero-order valence-electron chi connectivity index (χ0n) is 42.3. The first kappa shape index (κ1) is 43.9. The van der Waals surface area contributed by atoms with Gasteiger partial charge < -0.3 is 18.3 Å². The third kappa shape index (κ3) is 6.76. The number of benzene rings is 13. The van der Waals surface area contributed by atoms with Crippen molar-refractivity contribution in [2.24, 2.45) is 0 Å². The Morgan fingerprint density at radius 2 is 0.924 bits per heavy atom. The third-order valence-electron chi connectivity index (χ3n) is 16.2. The van der Waals surface area contributed by atoms with Gasteiger partial charge in [0.15, 0.2) is 0 Å². The number of fused-ring (bicyclic) bond motifs is 16. The Morgan fingerprint density at radius 3 is 1.72 bits per heavy atom. The summed E-state index contributed by atoms with van der Waals surface area (Å²) in [6.07, 6.45) is 0. The minimum Gasteiger partial charge on any atom is -0.456 e. The number of hydrogen-bond donors (Lipinski definition) is 0. The normalized spacial score (nSPS) is 12.1. The van der Waals surface area contributed by atoms with E-state index in [2.05, 4.69) is 240 Å². The van der Waals surface area contributed by atoms with Crippen LogP contribution in [0, 0.1) is 0 Å². The zero-order valence-corrected chi connectivity index (χ0v) is 43.1. The fourth-order valence-corrected chi connectivity index (χ4v) is 13.1. The number of rotatable bonds is 7. The number of aromatic nitrogens is 3. The van der Waals surface area contributed by atoms with Crippen LogP contribution < -0.4 is 4.90 Å². The van der Waals surface area contributed by atoms with E-state index in [0.29, 0.717) is 0 Å². The Balaban J connectivity index is 0.829. The van der Waals surface area contributed by atoms with E-state index in [1.54, 1.807) is 0 Å². The fourth-order valence-electron chi connectivity index (χ4n) is 12.5. The van der Waals surface area contributed by atoms with Crippen LogP contribution in [0.3, 0.4) is 0 Å². The SMILES string of the molecule is c1ccc(-c2ccc(N(c3ccc4oc5ccccc5c4c3)c3ccc(-c4ccc(-n5c6ccc(-c7ccc8c(c7)oc7ccccc78)cc6c6c7ccccc7c7cc8ccccc8cc7c65)cc4)c4nsnc34)cc2)cc1. The van der Waals surface area contributed by atoms with Gasteiger partial charge in [0.25, 0.3) is 0 Å². The van der Waals surface area contributed by atoms with Crippen LogP contribution in [0.15, 0.2) is 264 Å². The second kappa shape index (κ2) is 17.1. The molecule has 4 aromatic heterocycles. The maximum Gasteiger partial charge on any atom is 0.136 e. The number of furan rings is 2. The molecule has 0 saturated heterocycles. The second-order valence-corrected chi connectivity index (χ2v) is 21.1. The highest BCUT2D eigenvalue weighted by Gasteiger charge is 2.24. The first-order chi connectivity index (χ1) is 39.1. The fraction of sp³-hybridized carbons (Fsp3) is 0. The quantitative estimate of drug-likeness (QED) is 0.118. The molecule has 0 fully saturated rings. The van der Waals surface area contributed by atoms with E-state index in [0.717, 1.165) is 111 Å². The largest absolute Gasteiger partial charge is 0.456 e. The van der Waals surface area contributed by atoms with Crippen LogP contribution in [0.1, 0.15) is 0 Å². The minimum absolute atomic E-state index is 0.833. The molecular formula is C72H42N4O2S. The second-order valence-electron chi connectivity index (χ2n) is 20.6. The van der Waals surface area contributed by atoms with Gasteiger partial charge in [-0.25, -0.2) is 0 Å². The van der Waals surface area contributed by atoms with E-state index >= 15 is 0 Å². The summed E-state index contributed by atoms with van der Waals surface area (Å²) >= 11 is 1.25. The van der Waals surface area contributed by atoms with E-state index in [1.807, 2.05) is 24.3 Å². The van der Waals surface area contributed by atoms with Crippen molar-refractivity contribution in [3.8, 4) is 39.1 Å². The predicted molar refractivity (Wildman–Crippen MR) is 330 cm³/mol. The number of hydrogen-bond acceptors (Lipinski definition) is 6. The summed E-state index contributed by atoms with van der Waals surface area (Å²) < 4.78 is 25.3. The van der Waals surface area contributed by atoms with Crippen molar-refractivity contribution in [3.63, 3.8) is 0 Å². The van der Waals surface area contributed by atoms with Crippen LogP contribution in [-0.2, 0) is 0 Å². The van der Waals surface area contributed by atoms with Gasteiger partial charge in [-0.1, -0.05) is 152 Å². The molecule has 0 aliphatic rings. The van der Waals surface area contributed by atoms with Gasteiger partial charge in [-0.3, -0.25) is 0 Å². The topological polar surface area (TPSA) is 60.2 Å². The summed E-state index contributed by atoms with van der Waals surface area (Å²) in [5.41, 5.74) is 18.2. The van der Waals surface area contributed by atoms with Crippen molar-refractivity contribution in [2.45, 2.75) is 0 Å². The van der Waals surface area contributed by atoms with E-state index in [4.69, 9.17) is 17.6 Å². The van der Waals surface area contributed by atoms with Crippen molar-refractivity contribution >= 4 is 138 Å². The number of nitrogens with zero attached hydrogens (tertiary/aromatic N) is 4. The molecule has 6 nitrogen and oxygen atoms in total. The van der Waals surface area contributed by atoms with E-state index in [9.17, 15) is 0 Å². The van der Waals surface area contributed by atoms with Crippen LogP contribution in [0.2, 0.25) is 0 Å². The molecule has 0 aliphatic carbocycles. The van der Waals surface area contributed by atoms with Crippen LogP contribution >= 0.6 is 11.7 Å². The highest BCUT2D eigenvalue weighted by molar-refractivity contribution is 7.00. The highest BCUT2D eigenvalue weighted by Crippen LogP contribution is 2.47.